The van der Waals surface area contributed by atoms with Crippen molar-refractivity contribution in [1.29, 1.82) is 0 Å². The van der Waals surface area contributed by atoms with Gasteiger partial charge in [0.15, 0.2) is 0 Å². The third-order valence-electron chi connectivity index (χ3n) is 3.79. The van der Waals surface area contributed by atoms with E-state index < -0.39 is 0 Å². The van der Waals surface area contributed by atoms with Crippen molar-refractivity contribution in [2.45, 2.75) is 11.8 Å². The lowest BCUT2D eigenvalue weighted by atomic mass is 10.1. The molecule has 0 atom stereocenters. The fourth-order valence-electron chi connectivity index (χ4n) is 2.48. The lowest BCUT2D eigenvalue weighted by molar-refractivity contribution is 0.475. The monoisotopic (exact) mass is 313 g/mol. The number of thioether (sulfide) groups is 1. The maximum absolute atomic E-state index is 9.70. The van der Waals surface area contributed by atoms with Crippen LogP contribution in [0.4, 0.5) is 11.4 Å². The highest BCUT2D eigenvalue weighted by Crippen LogP contribution is 2.30. The van der Waals surface area contributed by atoms with Crippen molar-refractivity contribution in [3.05, 3.63) is 47.5 Å². The fourth-order valence-corrected chi connectivity index (χ4v) is 2.92. The molecule has 0 amide bonds. The summed E-state index contributed by atoms with van der Waals surface area (Å²) in [6, 6.07) is 11.7. The Kier molecular flexibility index (Phi) is 3.98. The van der Waals surface area contributed by atoms with Gasteiger partial charge in [-0.15, -0.1) is 11.8 Å². The first kappa shape index (κ1) is 14.8. The number of hydrogen-bond donors (Lipinski definition) is 2. The molecule has 2 N–H and O–H groups in total. The van der Waals surface area contributed by atoms with Crippen molar-refractivity contribution >= 4 is 29.0 Å². The largest absolute Gasteiger partial charge is 0.508 e. The number of nitrogens with one attached hydrogen (secondary N) is 1. The molecule has 0 aromatic heterocycles. The zero-order valence-corrected chi connectivity index (χ0v) is 13.7. The van der Waals surface area contributed by atoms with Gasteiger partial charge in [0.1, 0.15) is 18.3 Å². The second-order valence-corrected chi connectivity index (χ2v) is 6.23. The molecule has 4 nitrogen and oxygen atoms in total. The van der Waals surface area contributed by atoms with Crippen LogP contribution in [0.3, 0.4) is 0 Å². The number of fused-ring (bicyclic) bond motifs is 1. The summed E-state index contributed by atoms with van der Waals surface area (Å²) in [6.45, 7) is 2.63. The van der Waals surface area contributed by atoms with Crippen molar-refractivity contribution in [2.75, 3.05) is 30.2 Å². The van der Waals surface area contributed by atoms with Crippen LogP contribution in [0.25, 0.3) is 0 Å². The summed E-state index contributed by atoms with van der Waals surface area (Å²) >= 11 is 1.72. The van der Waals surface area contributed by atoms with Crippen LogP contribution in [0.2, 0.25) is 0 Å². The van der Waals surface area contributed by atoms with E-state index in [0.717, 1.165) is 28.3 Å². The van der Waals surface area contributed by atoms with Crippen LogP contribution in [0.15, 0.2) is 46.3 Å². The third kappa shape index (κ3) is 2.76. The molecular formula is C17H19N3OS. The molecule has 3 rings (SSSR count). The predicted molar refractivity (Wildman–Crippen MR) is 94.5 cm³/mol. The molecule has 1 heterocycles. The molecule has 0 radical (unpaired) electrons. The Bertz CT molecular complexity index is 743. The number of aryl methyl sites for hydroxylation is 1. The lowest BCUT2D eigenvalue weighted by Gasteiger charge is -2.27. The Morgan fingerprint density at radius 2 is 2.05 bits per heavy atom. The number of anilines is 2. The van der Waals surface area contributed by atoms with E-state index >= 15 is 0 Å². The lowest BCUT2D eigenvalue weighted by Crippen LogP contribution is -2.29. The molecule has 0 bridgehead atoms. The molecule has 0 saturated heterocycles. The number of aliphatic imine (C=N–C) groups is 1. The van der Waals surface area contributed by atoms with E-state index in [9.17, 15) is 5.11 Å². The number of aromatic hydroxyl groups is 1. The van der Waals surface area contributed by atoms with E-state index in [1.807, 2.05) is 20.0 Å². The normalized spacial score (nSPS) is 13.6. The number of phenolic OH excluding ortho intramolecular Hbond substituents is 1. The first-order valence-corrected chi connectivity index (χ1v) is 8.31. The second-order valence-electron chi connectivity index (χ2n) is 5.35. The SMILES string of the molecule is CSc1ccc2c(c1)C(Nc1cc(O)ccc1C)=NCN2C. The molecule has 1 aliphatic rings. The van der Waals surface area contributed by atoms with Gasteiger partial charge in [-0.25, -0.2) is 4.99 Å². The van der Waals surface area contributed by atoms with Gasteiger partial charge < -0.3 is 15.3 Å². The summed E-state index contributed by atoms with van der Waals surface area (Å²) in [5.74, 6) is 1.09. The van der Waals surface area contributed by atoms with Crippen molar-refractivity contribution < 1.29 is 5.11 Å². The van der Waals surface area contributed by atoms with Gasteiger partial charge in [-0.1, -0.05) is 6.07 Å². The zero-order valence-electron chi connectivity index (χ0n) is 12.9. The highest BCUT2D eigenvalue weighted by atomic mass is 32.2. The van der Waals surface area contributed by atoms with Crippen molar-refractivity contribution in [1.82, 2.24) is 0 Å². The molecule has 5 heteroatoms. The van der Waals surface area contributed by atoms with Gasteiger partial charge in [0, 0.05) is 34.9 Å². The van der Waals surface area contributed by atoms with Gasteiger partial charge >= 0.3 is 0 Å². The van der Waals surface area contributed by atoms with Crippen LogP contribution in [-0.4, -0.2) is 30.9 Å². The number of rotatable bonds is 2. The number of phenols is 1. The standard InChI is InChI=1S/C17H19N3OS/c1-11-4-5-12(21)8-15(11)19-17-14-9-13(22-3)6-7-16(14)20(2)10-18-17/h4-9,21H,10H2,1-3H3,(H,18,19). The van der Waals surface area contributed by atoms with Crippen molar-refractivity contribution in [3.8, 4) is 5.75 Å². The minimum atomic E-state index is 0.250. The molecule has 0 aliphatic carbocycles. The van der Waals surface area contributed by atoms with Crippen LogP contribution >= 0.6 is 11.8 Å². The number of benzene rings is 2. The molecule has 1 aliphatic heterocycles. The Labute approximate surface area is 134 Å². The molecule has 0 unspecified atom stereocenters. The van der Waals surface area contributed by atoms with Crippen molar-refractivity contribution in [2.24, 2.45) is 4.99 Å². The Morgan fingerprint density at radius 3 is 2.82 bits per heavy atom. The molecule has 0 fully saturated rings. The summed E-state index contributed by atoms with van der Waals surface area (Å²) in [5, 5.41) is 13.1. The van der Waals surface area contributed by atoms with E-state index in [4.69, 9.17) is 0 Å². The van der Waals surface area contributed by atoms with Gasteiger partial charge in [-0.05, 0) is 43.0 Å². The van der Waals surface area contributed by atoms with Crippen LogP contribution in [0, 0.1) is 6.92 Å². The zero-order chi connectivity index (χ0) is 15.7. The number of amidine groups is 1. The molecule has 0 spiro atoms. The van der Waals surface area contributed by atoms with Gasteiger partial charge in [0.05, 0.1) is 0 Å². The van der Waals surface area contributed by atoms with Gasteiger partial charge in [-0.2, -0.15) is 0 Å². The Hall–Kier alpha value is -2.14. The first-order chi connectivity index (χ1) is 10.6. The predicted octanol–water partition coefficient (Wildman–Crippen LogP) is 3.69. The third-order valence-corrected chi connectivity index (χ3v) is 4.51. The average Bonchev–Trinajstić information content (AvgIpc) is 2.53. The maximum atomic E-state index is 9.70. The van der Waals surface area contributed by atoms with Gasteiger partial charge in [0.25, 0.3) is 0 Å². The van der Waals surface area contributed by atoms with Crippen LogP contribution in [0.5, 0.6) is 5.75 Å². The van der Waals surface area contributed by atoms with Gasteiger partial charge in [0.2, 0.25) is 0 Å². The minimum Gasteiger partial charge on any atom is -0.508 e. The molecule has 2 aromatic carbocycles. The smallest absolute Gasteiger partial charge is 0.136 e. The molecule has 114 valence electrons. The maximum Gasteiger partial charge on any atom is 0.136 e. The second kappa shape index (κ2) is 5.93. The van der Waals surface area contributed by atoms with E-state index in [2.05, 4.69) is 39.7 Å². The number of hydrogen-bond acceptors (Lipinski definition) is 5. The quantitative estimate of drug-likeness (QED) is 0.830. The summed E-state index contributed by atoms with van der Waals surface area (Å²) in [4.78, 5) is 7.96. The molecule has 0 saturated carbocycles. The van der Waals surface area contributed by atoms with Gasteiger partial charge in [-0.3, -0.25) is 0 Å². The molecule has 22 heavy (non-hydrogen) atoms. The topological polar surface area (TPSA) is 47.9 Å². The fraction of sp³-hybridized carbons (Fsp3) is 0.235. The van der Waals surface area contributed by atoms with E-state index in [0.29, 0.717) is 6.67 Å². The van der Waals surface area contributed by atoms with Crippen LogP contribution < -0.4 is 10.2 Å². The number of nitrogens with zero attached hydrogens (tertiary/aromatic N) is 2. The van der Waals surface area contributed by atoms with E-state index in [1.165, 1.54) is 4.90 Å². The average molecular weight is 313 g/mol. The summed E-state index contributed by atoms with van der Waals surface area (Å²) in [6.07, 6.45) is 2.07. The van der Waals surface area contributed by atoms with Crippen LogP contribution in [-0.2, 0) is 0 Å². The first-order valence-electron chi connectivity index (χ1n) is 7.09. The van der Waals surface area contributed by atoms with E-state index in [-0.39, 0.29) is 5.75 Å². The molecular weight excluding hydrogens is 294 g/mol. The Balaban J connectivity index is 2.00. The Morgan fingerprint density at radius 1 is 1.23 bits per heavy atom. The highest BCUT2D eigenvalue weighted by Gasteiger charge is 2.18. The minimum absolute atomic E-state index is 0.250. The summed E-state index contributed by atoms with van der Waals surface area (Å²) < 4.78 is 0. The summed E-state index contributed by atoms with van der Waals surface area (Å²) in [7, 11) is 2.04. The highest BCUT2D eigenvalue weighted by molar-refractivity contribution is 7.98. The van der Waals surface area contributed by atoms with Crippen molar-refractivity contribution in [3.63, 3.8) is 0 Å². The molecule has 2 aromatic rings. The summed E-state index contributed by atoms with van der Waals surface area (Å²) in [5.41, 5.74) is 4.20. The van der Waals surface area contributed by atoms with E-state index in [1.54, 1.807) is 23.9 Å². The van der Waals surface area contributed by atoms with Crippen LogP contribution in [0.1, 0.15) is 11.1 Å².